The van der Waals surface area contributed by atoms with E-state index in [2.05, 4.69) is 16.9 Å². The largest absolute Gasteiger partial charge is 0.495 e. The smallest absolute Gasteiger partial charge is 0.264 e. The van der Waals surface area contributed by atoms with Crippen molar-refractivity contribution < 1.29 is 17.9 Å². The van der Waals surface area contributed by atoms with E-state index in [-0.39, 0.29) is 10.5 Å². The predicted molar refractivity (Wildman–Crippen MR) is 137 cm³/mol. The second kappa shape index (κ2) is 10.8. The second-order valence-electron chi connectivity index (χ2n) is 6.90. The van der Waals surface area contributed by atoms with Crippen LogP contribution in [0.3, 0.4) is 0 Å². The highest BCUT2D eigenvalue weighted by atomic mass is 32.2. The van der Waals surface area contributed by atoms with E-state index in [4.69, 9.17) is 10.5 Å². The van der Waals surface area contributed by atoms with Crippen LogP contribution in [-0.4, -0.2) is 33.5 Å². The highest BCUT2D eigenvalue weighted by Gasteiger charge is 2.24. The van der Waals surface area contributed by atoms with Gasteiger partial charge in [0.2, 0.25) is 0 Å². The van der Waals surface area contributed by atoms with Crippen LogP contribution in [0.15, 0.2) is 89.7 Å². The van der Waals surface area contributed by atoms with E-state index < -0.39 is 15.9 Å². The van der Waals surface area contributed by atoms with Crippen molar-refractivity contribution in [1.29, 1.82) is 0 Å². The molecule has 0 unspecified atom stereocenters. The Balaban J connectivity index is 1.74. The summed E-state index contributed by atoms with van der Waals surface area (Å²) < 4.78 is 32.5. The molecule has 0 aliphatic carbocycles. The topological polar surface area (TPSA) is 115 Å². The van der Waals surface area contributed by atoms with E-state index in [0.717, 1.165) is 4.31 Å². The van der Waals surface area contributed by atoms with Gasteiger partial charge in [0.15, 0.2) is 5.13 Å². The minimum absolute atomic E-state index is 0.0412. The van der Waals surface area contributed by atoms with Gasteiger partial charge in [-0.3, -0.25) is 14.4 Å². The van der Waals surface area contributed by atoms with Gasteiger partial charge < -0.3 is 10.5 Å². The van der Waals surface area contributed by atoms with Crippen molar-refractivity contribution in [3.63, 3.8) is 0 Å². The Hall–Kier alpha value is -3.89. The van der Waals surface area contributed by atoms with Gasteiger partial charge in [-0.2, -0.15) is 0 Å². The zero-order chi connectivity index (χ0) is 24.7. The van der Waals surface area contributed by atoms with Crippen molar-refractivity contribution >= 4 is 43.8 Å². The Morgan fingerprint density at radius 2 is 1.88 bits per heavy atom. The number of carbonyl (C=O) groups excluding carboxylic acids is 1. The number of carbonyl (C=O) groups is 1. The van der Waals surface area contributed by atoms with Crippen LogP contribution in [-0.2, 0) is 10.0 Å². The summed E-state index contributed by atoms with van der Waals surface area (Å²) in [4.78, 5) is 17.0. The Morgan fingerprint density at radius 3 is 2.56 bits per heavy atom. The molecule has 0 radical (unpaired) electrons. The zero-order valence-electron chi connectivity index (χ0n) is 18.6. The summed E-state index contributed by atoms with van der Waals surface area (Å²) >= 11 is 1.23. The second-order valence-corrected chi connectivity index (χ2v) is 9.73. The normalized spacial score (nSPS) is 11.9. The lowest BCUT2D eigenvalue weighted by atomic mass is 10.2. The van der Waals surface area contributed by atoms with Crippen LogP contribution in [0.5, 0.6) is 5.75 Å². The first-order chi connectivity index (χ1) is 16.3. The number of ether oxygens (including phenoxy) is 1. The van der Waals surface area contributed by atoms with Gasteiger partial charge in [-0.15, -0.1) is 11.3 Å². The average Bonchev–Trinajstić information content (AvgIpc) is 3.32. The van der Waals surface area contributed by atoms with E-state index >= 15 is 0 Å². The number of nitrogens with two attached hydrogens (primary N) is 1. The quantitative estimate of drug-likeness (QED) is 0.428. The van der Waals surface area contributed by atoms with Crippen molar-refractivity contribution in [2.75, 3.05) is 23.8 Å². The molecule has 34 heavy (non-hydrogen) atoms. The number of benzene rings is 2. The molecule has 1 aromatic heterocycles. The van der Waals surface area contributed by atoms with Crippen LogP contribution in [0.2, 0.25) is 0 Å². The maximum absolute atomic E-state index is 13.1. The molecule has 8 nitrogen and oxygen atoms in total. The molecule has 0 spiro atoms. The summed E-state index contributed by atoms with van der Waals surface area (Å²) in [7, 11) is -0.942. The summed E-state index contributed by atoms with van der Waals surface area (Å²) in [6.07, 6.45) is 6.79. The van der Waals surface area contributed by atoms with Crippen molar-refractivity contribution in [1.82, 2.24) is 4.98 Å². The summed E-state index contributed by atoms with van der Waals surface area (Å²) in [5.74, 6) is 0.0108. The molecule has 3 aromatic rings. The number of anilines is 2. The molecule has 0 atom stereocenters. The lowest BCUT2D eigenvalue weighted by molar-refractivity contribution is 0.102. The predicted octanol–water partition coefficient (Wildman–Crippen LogP) is 4.27. The molecule has 3 rings (SSSR count). The van der Waals surface area contributed by atoms with Gasteiger partial charge in [0.25, 0.3) is 15.9 Å². The summed E-state index contributed by atoms with van der Waals surface area (Å²) in [5.41, 5.74) is 7.64. The molecule has 1 heterocycles. The third kappa shape index (κ3) is 5.53. The summed E-state index contributed by atoms with van der Waals surface area (Å²) in [6.45, 7) is 3.59. The van der Waals surface area contributed by atoms with E-state index in [1.54, 1.807) is 53.9 Å². The summed E-state index contributed by atoms with van der Waals surface area (Å²) in [6, 6.07) is 12.5. The number of allylic oxidation sites excluding steroid dienone is 4. The number of methoxy groups -OCH3 is 1. The fourth-order valence-electron chi connectivity index (χ4n) is 2.91. The highest BCUT2D eigenvalue weighted by Crippen LogP contribution is 2.31. The Labute approximate surface area is 202 Å². The molecule has 1 amide bonds. The third-order valence-electron chi connectivity index (χ3n) is 4.74. The number of nitrogens with zero attached hydrogens (tertiary/aromatic N) is 2. The molecular formula is C24H24N4O4S2. The molecule has 176 valence electrons. The van der Waals surface area contributed by atoms with Crippen LogP contribution in [0.1, 0.15) is 16.1 Å². The molecule has 2 aromatic carbocycles. The van der Waals surface area contributed by atoms with Gasteiger partial charge in [0.05, 0.1) is 29.1 Å². The molecule has 0 bridgehead atoms. The molecule has 10 heteroatoms. The van der Waals surface area contributed by atoms with Gasteiger partial charge in [-0.1, -0.05) is 36.9 Å². The van der Waals surface area contributed by atoms with Crippen LogP contribution >= 0.6 is 11.3 Å². The lowest BCUT2D eigenvalue weighted by Crippen LogP contribution is -2.27. The van der Waals surface area contributed by atoms with Gasteiger partial charge in [0.1, 0.15) is 5.75 Å². The molecule has 0 fully saturated rings. The van der Waals surface area contributed by atoms with Gasteiger partial charge in [-0.05, 0) is 42.5 Å². The Bertz CT molecular complexity index is 1340. The Morgan fingerprint density at radius 1 is 1.18 bits per heavy atom. The number of sulfonamides is 1. The molecule has 0 aliphatic heterocycles. The van der Waals surface area contributed by atoms with E-state index in [9.17, 15) is 13.2 Å². The fraction of sp³-hybridized carbons (Fsp3) is 0.0833. The van der Waals surface area contributed by atoms with Gasteiger partial charge in [0, 0.05) is 18.0 Å². The third-order valence-corrected chi connectivity index (χ3v) is 7.29. The first-order valence-corrected chi connectivity index (χ1v) is 12.3. The van der Waals surface area contributed by atoms with Gasteiger partial charge in [-0.25, -0.2) is 13.4 Å². The number of aromatic nitrogens is 1. The van der Waals surface area contributed by atoms with Crippen LogP contribution < -0.4 is 20.1 Å². The number of hydrogen-bond donors (Lipinski definition) is 2. The highest BCUT2D eigenvalue weighted by molar-refractivity contribution is 7.92. The average molecular weight is 497 g/mol. The van der Waals surface area contributed by atoms with E-state index in [1.165, 1.54) is 49.8 Å². The SMILES string of the molecule is C=C/C=C\C=C(/N)c1csc(NC(=O)c2ccc(S(=O)(=O)N(C)c3ccccc3OC)cc2)n1. The van der Waals surface area contributed by atoms with Crippen molar-refractivity contribution in [3.05, 3.63) is 96.1 Å². The number of amides is 1. The lowest BCUT2D eigenvalue weighted by Gasteiger charge is -2.21. The van der Waals surface area contributed by atoms with Crippen molar-refractivity contribution in [3.8, 4) is 5.75 Å². The van der Waals surface area contributed by atoms with Crippen molar-refractivity contribution in [2.45, 2.75) is 4.90 Å². The minimum atomic E-state index is -3.86. The molecular weight excluding hydrogens is 472 g/mol. The maximum atomic E-state index is 13.1. The Kier molecular flexibility index (Phi) is 7.87. The number of para-hydroxylation sites is 2. The van der Waals surface area contributed by atoms with E-state index in [1.807, 2.05) is 0 Å². The zero-order valence-corrected chi connectivity index (χ0v) is 20.3. The van der Waals surface area contributed by atoms with Crippen LogP contribution in [0.25, 0.3) is 5.70 Å². The van der Waals surface area contributed by atoms with E-state index in [0.29, 0.717) is 28.0 Å². The van der Waals surface area contributed by atoms with Gasteiger partial charge >= 0.3 is 0 Å². The maximum Gasteiger partial charge on any atom is 0.264 e. The molecule has 0 saturated heterocycles. The molecule has 3 N–H and O–H groups in total. The number of thiazole rings is 1. The summed E-state index contributed by atoms with van der Waals surface area (Å²) in [5, 5.41) is 4.80. The first-order valence-electron chi connectivity index (χ1n) is 10.0. The minimum Gasteiger partial charge on any atom is -0.495 e. The fourth-order valence-corrected chi connectivity index (χ4v) is 4.83. The first kappa shape index (κ1) is 24.7. The number of rotatable bonds is 9. The number of hydrogen-bond acceptors (Lipinski definition) is 7. The standard InChI is InChI=1S/C24H24N4O4S2/c1-4-5-6-9-19(25)20-16-33-24(26-20)27-23(29)17-12-14-18(15-13-17)34(30,31)28(2)21-10-7-8-11-22(21)32-3/h4-16H,1,25H2,2-3H3,(H,26,27,29)/b6-5-,19-9-. The monoisotopic (exact) mass is 496 g/mol. The van der Waals surface area contributed by atoms with Crippen LogP contribution in [0, 0.1) is 0 Å². The molecule has 0 saturated carbocycles. The van der Waals surface area contributed by atoms with Crippen LogP contribution in [0.4, 0.5) is 10.8 Å². The molecule has 0 aliphatic rings. The van der Waals surface area contributed by atoms with Crippen molar-refractivity contribution in [2.24, 2.45) is 5.73 Å². The number of nitrogens with one attached hydrogen (secondary N) is 1.